The third kappa shape index (κ3) is 2.83. The summed E-state index contributed by atoms with van der Waals surface area (Å²) in [6.45, 7) is 6.23. The molecule has 1 aromatic carbocycles. The summed E-state index contributed by atoms with van der Waals surface area (Å²) >= 11 is 0. The maximum absolute atomic E-state index is 10.7. The number of ether oxygens (including phenoxy) is 1. The number of primary amides is 1. The van der Waals surface area contributed by atoms with Gasteiger partial charge in [-0.1, -0.05) is 48.6 Å². The van der Waals surface area contributed by atoms with Gasteiger partial charge in [-0.2, -0.15) is 0 Å². The van der Waals surface area contributed by atoms with E-state index in [2.05, 4.69) is 25.2 Å². The number of rotatable bonds is 3. The molecule has 0 aliphatic heterocycles. The van der Waals surface area contributed by atoms with Crippen molar-refractivity contribution in [3.05, 3.63) is 30.3 Å². The molecule has 0 saturated heterocycles. The van der Waals surface area contributed by atoms with E-state index >= 15 is 0 Å². The first-order valence-corrected chi connectivity index (χ1v) is 8.04. The average molecular weight is 223 g/mol. The Bertz CT molecular complexity index is 338. The third-order valence-electron chi connectivity index (χ3n) is 2.83. The second-order valence-electron chi connectivity index (χ2n) is 4.17. The molecule has 0 spiro atoms. The predicted molar refractivity (Wildman–Crippen MR) is 63.7 cm³/mol. The van der Waals surface area contributed by atoms with E-state index < -0.39 is 14.2 Å². The minimum atomic E-state index is -1.77. The van der Waals surface area contributed by atoms with Crippen molar-refractivity contribution in [3.63, 3.8) is 0 Å². The van der Waals surface area contributed by atoms with Crippen LogP contribution >= 0.6 is 0 Å². The molecule has 3 nitrogen and oxygen atoms in total. The Morgan fingerprint density at radius 3 is 2.33 bits per heavy atom. The van der Waals surface area contributed by atoms with E-state index in [1.165, 1.54) is 5.19 Å². The molecule has 0 bridgehead atoms. The van der Waals surface area contributed by atoms with Gasteiger partial charge in [-0.15, -0.1) is 0 Å². The first-order chi connectivity index (χ1) is 6.94. The van der Waals surface area contributed by atoms with Gasteiger partial charge in [-0.25, -0.2) is 4.79 Å². The Morgan fingerprint density at radius 1 is 1.33 bits per heavy atom. The van der Waals surface area contributed by atoms with Crippen molar-refractivity contribution < 1.29 is 9.53 Å². The number of carbonyl (C=O) groups is 1. The molecule has 0 radical (unpaired) electrons. The number of carbonyl (C=O) groups excluding carboxylic acids is 1. The minimum Gasteiger partial charge on any atom is -0.450 e. The zero-order valence-electron chi connectivity index (χ0n) is 9.36. The summed E-state index contributed by atoms with van der Waals surface area (Å²) in [5.74, 6) is 0. The van der Waals surface area contributed by atoms with Gasteiger partial charge in [0.15, 0.2) is 0 Å². The Hall–Kier alpha value is -1.29. The average Bonchev–Trinajstić information content (AvgIpc) is 2.18. The topological polar surface area (TPSA) is 52.3 Å². The molecule has 4 heteroatoms. The lowest BCUT2D eigenvalue weighted by atomic mass is 10.4. The third-order valence-corrected chi connectivity index (χ3v) is 6.80. The monoisotopic (exact) mass is 223 g/mol. The highest BCUT2D eigenvalue weighted by atomic mass is 28.3. The van der Waals surface area contributed by atoms with Crippen LogP contribution in [0.3, 0.4) is 0 Å². The van der Waals surface area contributed by atoms with Crippen molar-refractivity contribution in [2.75, 3.05) is 0 Å². The second-order valence-corrected chi connectivity index (χ2v) is 9.00. The molecule has 15 heavy (non-hydrogen) atoms. The van der Waals surface area contributed by atoms with Crippen molar-refractivity contribution in [2.24, 2.45) is 5.73 Å². The minimum absolute atomic E-state index is 0.114. The zero-order chi connectivity index (χ0) is 11.5. The summed E-state index contributed by atoms with van der Waals surface area (Å²) in [6, 6.07) is 10.1. The van der Waals surface area contributed by atoms with Gasteiger partial charge in [0.1, 0.15) is 8.07 Å². The van der Waals surface area contributed by atoms with E-state index in [9.17, 15) is 4.79 Å². The molecule has 2 N–H and O–H groups in total. The zero-order valence-corrected chi connectivity index (χ0v) is 10.4. The molecule has 0 aliphatic rings. The van der Waals surface area contributed by atoms with Crippen molar-refractivity contribution in [1.29, 1.82) is 0 Å². The van der Waals surface area contributed by atoms with E-state index in [1.54, 1.807) is 0 Å². The quantitative estimate of drug-likeness (QED) is 0.792. The Kier molecular flexibility index (Phi) is 3.52. The molecule has 1 aromatic rings. The summed E-state index contributed by atoms with van der Waals surface area (Å²) in [7, 11) is -1.77. The first-order valence-electron chi connectivity index (χ1n) is 4.96. The van der Waals surface area contributed by atoms with Crippen LogP contribution in [-0.4, -0.2) is 19.9 Å². The predicted octanol–water partition coefficient (Wildman–Crippen LogP) is 1.62. The van der Waals surface area contributed by atoms with E-state index in [0.717, 1.165) is 0 Å². The maximum atomic E-state index is 10.7. The van der Waals surface area contributed by atoms with Crippen molar-refractivity contribution in [1.82, 2.24) is 0 Å². The van der Waals surface area contributed by atoms with Gasteiger partial charge in [0.05, 0.1) is 5.73 Å². The van der Waals surface area contributed by atoms with Crippen molar-refractivity contribution >= 4 is 19.4 Å². The van der Waals surface area contributed by atoms with Gasteiger partial charge in [-0.05, 0) is 6.92 Å². The normalized spacial score (nSPS) is 13.3. The summed E-state index contributed by atoms with van der Waals surface area (Å²) in [4.78, 5) is 10.7. The molecule has 82 valence electrons. The standard InChI is InChI=1S/C11H17NO2Si/c1-9(14-11(12)13)15(2,3)10-7-5-4-6-8-10/h4-9H,1-3H3,(H2,12,13). The Labute approximate surface area is 91.3 Å². The summed E-state index contributed by atoms with van der Waals surface area (Å²) in [6.07, 6.45) is -0.695. The highest BCUT2D eigenvalue weighted by molar-refractivity contribution is 6.90. The SMILES string of the molecule is CC(OC(N)=O)[Si](C)(C)c1ccccc1. The van der Waals surface area contributed by atoms with Gasteiger partial charge in [0, 0.05) is 0 Å². The largest absolute Gasteiger partial charge is 0.450 e. The van der Waals surface area contributed by atoms with Crippen LogP contribution in [0.4, 0.5) is 4.79 Å². The number of nitrogens with two attached hydrogens (primary N) is 1. The van der Waals surface area contributed by atoms with Gasteiger partial charge in [0.2, 0.25) is 0 Å². The van der Waals surface area contributed by atoms with Crippen LogP contribution in [0.5, 0.6) is 0 Å². The molecule has 1 atom stereocenters. The summed E-state index contributed by atoms with van der Waals surface area (Å²) in [5, 5.41) is 1.26. The van der Waals surface area contributed by atoms with Crippen molar-refractivity contribution in [2.45, 2.75) is 25.7 Å². The Morgan fingerprint density at radius 2 is 1.87 bits per heavy atom. The van der Waals surface area contributed by atoms with Crippen LogP contribution < -0.4 is 10.9 Å². The number of amides is 1. The molecule has 0 saturated carbocycles. The Balaban J connectivity index is 2.87. The number of hydrogen-bond donors (Lipinski definition) is 1. The maximum Gasteiger partial charge on any atom is 0.404 e. The van der Waals surface area contributed by atoms with E-state index in [-0.39, 0.29) is 5.73 Å². The summed E-state index contributed by atoms with van der Waals surface area (Å²) in [5.41, 5.74) is 4.92. The first kappa shape index (κ1) is 11.8. The lowest BCUT2D eigenvalue weighted by Gasteiger charge is -2.29. The fraction of sp³-hybridized carbons (Fsp3) is 0.364. The molecule has 0 aromatic heterocycles. The van der Waals surface area contributed by atoms with Gasteiger partial charge in [-0.3, -0.25) is 0 Å². The fourth-order valence-electron chi connectivity index (χ4n) is 1.42. The van der Waals surface area contributed by atoms with Crippen LogP contribution in [0.15, 0.2) is 30.3 Å². The molecule has 0 aliphatic carbocycles. The molecular formula is C11H17NO2Si. The molecule has 0 heterocycles. The van der Waals surface area contributed by atoms with Crippen LogP contribution in [0.2, 0.25) is 13.1 Å². The number of benzene rings is 1. The van der Waals surface area contributed by atoms with Crippen LogP contribution in [0.25, 0.3) is 0 Å². The van der Waals surface area contributed by atoms with Gasteiger partial charge >= 0.3 is 6.09 Å². The van der Waals surface area contributed by atoms with E-state index in [1.807, 2.05) is 25.1 Å². The van der Waals surface area contributed by atoms with Gasteiger partial charge in [0.25, 0.3) is 0 Å². The molecular weight excluding hydrogens is 206 g/mol. The van der Waals surface area contributed by atoms with Crippen LogP contribution in [0.1, 0.15) is 6.92 Å². The van der Waals surface area contributed by atoms with Gasteiger partial charge < -0.3 is 10.5 Å². The van der Waals surface area contributed by atoms with Crippen LogP contribution in [-0.2, 0) is 4.74 Å². The lowest BCUT2D eigenvalue weighted by molar-refractivity contribution is 0.145. The number of hydrogen-bond acceptors (Lipinski definition) is 2. The highest BCUT2D eigenvalue weighted by Gasteiger charge is 2.32. The molecule has 1 amide bonds. The van der Waals surface area contributed by atoms with E-state index in [0.29, 0.717) is 0 Å². The lowest BCUT2D eigenvalue weighted by Crippen LogP contribution is -2.53. The second kappa shape index (κ2) is 4.48. The smallest absolute Gasteiger partial charge is 0.404 e. The van der Waals surface area contributed by atoms with E-state index in [4.69, 9.17) is 10.5 Å². The summed E-state index contributed by atoms with van der Waals surface area (Å²) < 4.78 is 5.07. The van der Waals surface area contributed by atoms with Crippen molar-refractivity contribution in [3.8, 4) is 0 Å². The molecule has 1 unspecified atom stereocenters. The molecule has 0 fully saturated rings. The highest BCUT2D eigenvalue weighted by Crippen LogP contribution is 2.11. The van der Waals surface area contributed by atoms with Crippen LogP contribution in [0, 0.1) is 0 Å². The fourth-order valence-corrected chi connectivity index (χ4v) is 3.36. The molecule has 1 rings (SSSR count).